The maximum Gasteiger partial charge on any atom is 0.220 e. The summed E-state index contributed by atoms with van der Waals surface area (Å²) in [6.45, 7) is 4.77. The highest BCUT2D eigenvalue weighted by atomic mass is 16.5. The Labute approximate surface area is 216 Å². The second-order valence-electron chi connectivity index (χ2n) is 9.29. The lowest BCUT2D eigenvalue weighted by Crippen LogP contribution is -2.29. The van der Waals surface area contributed by atoms with Gasteiger partial charge < -0.3 is 15.4 Å². The summed E-state index contributed by atoms with van der Waals surface area (Å²) in [5, 5.41) is 5.37. The maximum atomic E-state index is 11.7. The summed E-state index contributed by atoms with van der Waals surface area (Å²) in [4.78, 5) is 22.4. The Balaban J connectivity index is 3.32. The van der Waals surface area contributed by atoms with Crippen molar-refractivity contribution in [1.29, 1.82) is 0 Å². The van der Waals surface area contributed by atoms with Crippen LogP contribution in [0.15, 0.2) is 0 Å². The molecule has 0 saturated heterocycles. The van der Waals surface area contributed by atoms with Gasteiger partial charge in [0.1, 0.15) is 6.73 Å². The van der Waals surface area contributed by atoms with Crippen LogP contribution < -0.4 is 10.6 Å². The number of amides is 2. The van der Waals surface area contributed by atoms with E-state index in [4.69, 9.17) is 4.74 Å². The first-order chi connectivity index (χ1) is 17.2. The maximum absolute atomic E-state index is 11.7. The van der Waals surface area contributed by atoms with Gasteiger partial charge in [-0.25, -0.2) is 0 Å². The Kier molecular flexibility index (Phi) is 26.7. The van der Waals surface area contributed by atoms with E-state index < -0.39 is 0 Å². The molecule has 0 radical (unpaired) electrons. The van der Waals surface area contributed by atoms with Gasteiger partial charge in [0.2, 0.25) is 11.8 Å². The van der Waals surface area contributed by atoms with Gasteiger partial charge in [-0.3, -0.25) is 9.59 Å². The molecule has 0 aliphatic rings. The molecule has 0 aliphatic heterocycles. The molecule has 0 saturated carbocycles. The third-order valence-electron chi connectivity index (χ3n) is 5.84. The van der Waals surface area contributed by atoms with Gasteiger partial charge in [-0.05, 0) is 31.1 Å². The van der Waals surface area contributed by atoms with Crippen molar-refractivity contribution in [3.8, 4) is 23.7 Å². The van der Waals surface area contributed by atoms with E-state index in [2.05, 4.69) is 41.2 Å². The lowest BCUT2D eigenvalue weighted by atomic mass is 10.1. The molecule has 200 valence electrons. The lowest BCUT2D eigenvalue weighted by molar-refractivity contribution is -0.122. The molecule has 5 nitrogen and oxygen atoms in total. The highest BCUT2D eigenvalue weighted by molar-refractivity contribution is 5.75. The topological polar surface area (TPSA) is 67.4 Å². The highest BCUT2D eigenvalue weighted by Gasteiger charge is 2.00. The van der Waals surface area contributed by atoms with Gasteiger partial charge in [-0.2, -0.15) is 0 Å². The Bertz CT molecular complexity index is 625. The lowest BCUT2D eigenvalue weighted by Gasteiger charge is -2.06. The molecule has 0 unspecified atom stereocenters. The van der Waals surface area contributed by atoms with E-state index in [1.165, 1.54) is 90.4 Å². The zero-order valence-corrected chi connectivity index (χ0v) is 22.8. The number of nitrogens with one attached hydrogen (secondary N) is 2. The van der Waals surface area contributed by atoms with Crippen molar-refractivity contribution >= 4 is 11.8 Å². The van der Waals surface area contributed by atoms with E-state index in [-0.39, 0.29) is 18.5 Å². The smallest absolute Gasteiger partial charge is 0.220 e. The first kappa shape index (κ1) is 33.0. The van der Waals surface area contributed by atoms with Crippen molar-refractivity contribution in [3.63, 3.8) is 0 Å². The van der Waals surface area contributed by atoms with Crippen molar-refractivity contribution in [2.24, 2.45) is 0 Å². The Morgan fingerprint density at radius 1 is 0.657 bits per heavy atom. The average Bonchev–Trinajstić information content (AvgIpc) is 2.84. The second kappa shape index (κ2) is 28.3. The molecular formula is C30H52N2O3. The largest absolute Gasteiger partial charge is 0.359 e. The molecule has 5 heteroatoms. The van der Waals surface area contributed by atoms with Crippen LogP contribution in [0.4, 0.5) is 0 Å². The van der Waals surface area contributed by atoms with E-state index in [0.717, 1.165) is 32.1 Å². The minimum absolute atomic E-state index is 0.0673. The molecule has 2 N–H and O–H groups in total. The summed E-state index contributed by atoms with van der Waals surface area (Å²) in [7, 11) is 0. The van der Waals surface area contributed by atoms with Crippen molar-refractivity contribution in [2.75, 3.05) is 19.9 Å². The van der Waals surface area contributed by atoms with Gasteiger partial charge in [0, 0.05) is 32.7 Å². The van der Waals surface area contributed by atoms with E-state index >= 15 is 0 Å². The molecule has 0 bridgehead atoms. The summed E-state index contributed by atoms with van der Waals surface area (Å²) in [6.07, 6.45) is 22.8. The number of unbranched alkanes of at least 4 members (excludes halogenated alkanes) is 16. The third kappa shape index (κ3) is 30.0. The number of ether oxygens (including phenoxy) is 1. The quantitative estimate of drug-likeness (QED) is 0.0961. The van der Waals surface area contributed by atoms with Crippen LogP contribution in [0.5, 0.6) is 0 Å². The van der Waals surface area contributed by atoms with Crippen LogP contribution >= 0.6 is 0 Å². The monoisotopic (exact) mass is 488 g/mol. The highest BCUT2D eigenvalue weighted by Crippen LogP contribution is 2.11. The number of carbonyl (C=O) groups excluding carboxylic acids is 2. The van der Waals surface area contributed by atoms with Crippen molar-refractivity contribution in [1.82, 2.24) is 10.6 Å². The molecule has 35 heavy (non-hydrogen) atoms. The number of carbonyl (C=O) groups is 2. The Morgan fingerprint density at radius 2 is 1.14 bits per heavy atom. The van der Waals surface area contributed by atoms with Crippen LogP contribution in [0.3, 0.4) is 0 Å². The van der Waals surface area contributed by atoms with Crippen LogP contribution in [0.2, 0.25) is 0 Å². The average molecular weight is 489 g/mol. The molecule has 0 aromatic rings. The van der Waals surface area contributed by atoms with Crippen molar-refractivity contribution in [3.05, 3.63) is 0 Å². The Morgan fingerprint density at radius 3 is 1.66 bits per heavy atom. The van der Waals surface area contributed by atoms with Crippen LogP contribution in [0, 0.1) is 23.7 Å². The molecule has 2 amide bonds. The SMILES string of the molecule is CCCCCCCCCCCCC#CC#CCCCCCCCCC(=O)NCCOCNC(C)=O. The first-order valence-corrected chi connectivity index (χ1v) is 14.2. The van der Waals surface area contributed by atoms with E-state index in [9.17, 15) is 9.59 Å². The van der Waals surface area contributed by atoms with E-state index in [0.29, 0.717) is 19.6 Å². The summed E-state index contributed by atoms with van der Waals surface area (Å²) >= 11 is 0. The molecule has 0 fully saturated rings. The third-order valence-corrected chi connectivity index (χ3v) is 5.84. The number of hydrogen-bond acceptors (Lipinski definition) is 3. The van der Waals surface area contributed by atoms with Crippen LogP contribution in [0.1, 0.15) is 136 Å². The molecule has 0 aliphatic carbocycles. The molecule has 0 aromatic heterocycles. The van der Waals surface area contributed by atoms with Gasteiger partial charge >= 0.3 is 0 Å². The van der Waals surface area contributed by atoms with Crippen LogP contribution in [0.25, 0.3) is 0 Å². The first-order valence-electron chi connectivity index (χ1n) is 14.2. The summed E-state index contributed by atoms with van der Waals surface area (Å²) in [5.41, 5.74) is 0. The Hall–Kier alpha value is -1.98. The fourth-order valence-electron chi connectivity index (χ4n) is 3.70. The summed E-state index contributed by atoms with van der Waals surface area (Å²) < 4.78 is 5.18. The minimum atomic E-state index is -0.124. The fraction of sp³-hybridized carbons (Fsp3) is 0.800. The summed E-state index contributed by atoms with van der Waals surface area (Å²) in [5.74, 6) is 12.3. The molecule has 0 heterocycles. The van der Waals surface area contributed by atoms with Gasteiger partial charge in [-0.1, -0.05) is 102 Å². The predicted molar refractivity (Wildman–Crippen MR) is 147 cm³/mol. The minimum Gasteiger partial charge on any atom is -0.359 e. The molecule has 0 atom stereocenters. The fourth-order valence-corrected chi connectivity index (χ4v) is 3.70. The predicted octanol–water partition coefficient (Wildman–Crippen LogP) is 6.65. The standard InChI is InChI=1S/C30H52N2O3/c1-3-4-5-6-7-8-9-10-11-12-13-14-15-16-17-18-19-20-21-22-23-24-25-30(34)31-26-27-35-28-32-29(2)33/h3-13,18-28H2,1-2H3,(H,31,34)(H,32,33). The molecule has 0 rings (SSSR count). The van der Waals surface area contributed by atoms with Crippen molar-refractivity contribution in [2.45, 2.75) is 136 Å². The van der Waals surface area contributed by atoms with Crippen LogP contribution in [-0.4, -0.2) is 31.7 Å². The molecule has 0 aromatic carbocycles. The summed E-state index contributed by atoms with van der Waals surface area (Å²) in [6, 6.07) is 0. The van der Waals surface area contributed by atoms with Gasteiger partial charge in [0.15, 0.2) is 0 Å². The van der Waals surface area contributed by atoms with Crippen LogP contribution in [-0.2, 0) is 14.3 Å². The van der Waals surface area contributed by atoms with Gasteiger partial charge in [0.25, 0.3) is 0 Å². The zero-order valence-electron chi connectivity index (χ0n) is 22.8. The van der Waals surface area contributed by atoms with Gasteiger partial charge in [0.05, 0.1) is 6.61 Å². The van der Waals surface area contributed by atoms with Crippen molar-refractivity contribution < 1.29 is 14.3 Å². The number of hydrogen-bond donors (Lipinski definition) is 2. The second-order valence-corrected chi connectivity index (χ2v) is 9.29. The van der Waals surface area contributed by atoms with Gasteiger partial charge in [-0.15, -0.1) is 0 Å². The zero-order chi connectivity index (χ0) is 25.7. The normalized spacial score (nSPS) is 10.1. The molecular weight excluding hydrogens is 436 g/mol. The van der Waals surface area contributed by atoms with E-state index in [1.54, 1.807) is 0 Å². The van der Waals surface area contributed by atoms with E-state index in [1.807, 2.05) is 0 Å². The number of rotatable bonds is 23. The molecule has 0 spiro atoms.